The maximum absolute atomic E-state index is 11.2. The van der Waals surface area contributed by atoms with Crippen LogP contribution in [0.15, 0.2) is 35.3 Å². The highest BCUT2D eigenvalue weighted by Crippen LogP contribution is 2.19. The molecule has 8 heteroatoms. The molecular formula is C24H41IN6O. The molecule has 1 atom stereocenters. The van der Waals surface area contributed by atoms with E-state index >= 15 is 0 Å². The number of rotatable bonds is 9. The predicted molar refractivity (Wildman–Crippen MR) is 142 cm³/mol. The van der Waals surface area contributed by atoms with Crippen molar-refractivity contribution >= 4 is 35.8 Å². The van der Waals surface area contributed by atoms with Crippen LogP contribution in [0.1, 0.15) is 37.7 Å². The van der Waals surface area contributed by atoms with Gasteiger partial charge >= 0.3 is 0 Å². The first kappa shape index (κ1) is 26.9. The molecule has 180 valence electrons. The van der Waals surface area contributed by atoms with E-state index in [1.165, 1.54) is 18.5 Å². The third-order valence-corrected chi connectivity index (χ3v) is 6.42. The van der Waals surface area contributed by atoms with Crippen molar-refractivity contribution < 1.29 is 4.79 Å². The average Bonchev–Trinajstić information content (AvgIpc) is 2.78. The van der Waals surface area contributed by atoms with Gasteiger partial charge in [0.05, 0.1) is 0 Å². The van der Waals surface area contributed by atoms with Gasteiger partial charge in [0.2, 0.25) is 5.91 Å². The number of primary amides is 1. The van der Waals surface area contributed by atoms with Crippen LogP contribution < -0.4 is 11.1 Å². The summed E-state index contributed by atoms with van der Waals surface area (Å²) in [5.41, 5.74) is 6.79. The Labute approximate surface area is 210 Å². The number of aliphatic imine (C=N–C) groups is 1. The van der Waals surface area contributed by atoms with Gasteiger partial charge in [0.25, 0.3) is 0 Å². The van der Waals surface area contributed by atoms with Crippen LogP contribution >= 0.6 is 24.0 Å². The number of benzene rings is 1. The van der Waals surface area contributed by atoms with Gasteiger partial charge in [-0.1, -0.05) is 30.3 Å². The smallest absolute Gasteiger partial charge is 0.217 e. The van der Waals surface area contributed by atoms with E-state index in [4.69, 9.17) is 5.73 Å². The van der Waals surface area contributed by atoms with Crippen molar-refractivity contribution in [3.63, 3.8) is 0 Å². The first-order valence-electron chi connectivity index (χ1n) is 11.9. The number of unbranched alkanes of at least 4 members (excludes halogenated alkanes) is 1. The number of likely N-dealkylation sites (tertiary alicyclic amines) is 1. The number of amides is 1. The topological polar surface area (TPSA) is 77.2 Å². The fraction of sp³-hybridized carbons (Fsp3) is 0.667. The molecule has 7 nitrogen and oxygen atoms in total. The third-order valence-electron chi connectivity index (χ3n) is 6.42. The summed E-state index contributed by atoms with van der Waals surface area (Å²) in [4.78, 5) is 23.1. The van der Waals surface area contributed by atoms with Crippen molar-refractivity contribution in [1.29, 1.82) is 0 Å². The highest BCUT2D eigenvalue weighted by molar-refractivity contribution is 14.0. The third kappa shape index (κ3) is 9.23. The van der Waals surface area contributed by atoms with Crippen LogP contribution in [0.4, 0.5) is 0 Å². The molecule has 3 rings (SSSR count). The van der Waals surface area contributed by atoms with Crippen molar-refractivity contribution in [2.24, 2.45) is 16.6 Å². The van der Waals surface area contributed by atoms with Crippen LogP contribution in [0.25, 0.3) is 0 Å². The number of guanidine groups is 1. The highest BCUT2D eigenvalue weighted by Gasteiger charge is 2.23. The standard InChI is InChI=1S/C24H40N6O.HI/c1-26-24(30-13-7-10-22(20-30)18-23(25)31)27-11-5-6-12-28-14-16-29(17-15-28)19-21-8-3-2-4-9-21;/h2-4,8-9,22H,5-7,10-20H2,1H3,(H2,25,31)(H,26,27);1H. The molecule has 32 heavy (non-hydrogen) atoms. The number of hydrogen-bond donors (Lipinski definition) is 2. The van der Waals surface area contributed by atoms with E-state index in [0.717, 1.165) is 77.6 Å². The van der Waals surface area contributed by atoms with Crippen LogP contribution in [0, 0.1) is 5.92 Å². The fourth-order valence-corrected chi connectivity index (χ4v) is 4.71. The first-order chi connectivity index (χ1) is 15.1. The summed E-state index contributed by atoms with van der Waals surface area (Å²) in [5.74, 6) is 1.12. The van der Waals surface area contributed by atoms with Crippen LogP contribution in [0.5, 0.6) is 0 Å². The molecule has 2 heterocycles. The zero-order valence-corrected chi connectivity index (χ0v) is 21.9. The summed E-state index contributed by atoms with van der Waals surface area (Å²) in [5, 5.41) is 3.52. The zero-order valence-electron chi connectivity index (χ0n) is 19.5. The van der Waals surface area contributed by atoms with E-state index in [0.29, 0.717) is 12.3 Å². The number of carbonyl (C=O) groups is 1. The second kappa shape index (κ2) is 14.7. The number of piperidine rings is 1. The number of carbonyl (C=O) groups excluding carboxylic acids is 1. The Morgan fingerprint density at radius 1 is 1.09 bits per heavy atom. The molecule has 2 aliphatic heterocycles. The van der Waals surface area contributed by atoms with Gasteiger partial charge in [0, 0.05) is 65.8 Å². The van der Waals surface area contributed by atoms with Crippen molar-refractivity contribution in [2.75, 3.05) is 59.4 Å². The second-order valence-corrected chi connectivity index (χ2v) is 8.91. The van der Waals surface area contributed by atoms with Gasteiger partial charge in [-0.05, 0) is 43.7 Å². The number of nitrogens with one attached hydrogen (secondary N) is 1. The molecule has 1 amide bonds. The molecule has 2 aliphatic rings. The van der Waals surface area contributed by atoms with Gasteiger partial charge in [-0.15, -0.1) is 24.0 Å². The first-order valence-corrected chi connectivity index (χ1v) is 11.9. The molecule has 0 aliphatic carbocycles. The van der Waals surface area contributed by atoms with Crippen molar-refractivity contribution in [2.45, 2.75) is 38.6 Å². The lowest BCUT2D eigenvalue weighted by molar-refractivity contribution is -0.119. The van der Waals surface area contributed by atoms with Gasteiger partial charge in [0.15, 0.2) is 5.96 Å². The SMILES string of the molecule is CN=C(NCCCCN1CCN(Cc2ccccc2)CC1)N1CCCC(CC(N)=O)C1.I. The van der Waals surface area contributed by atoms with E-state index in [1.807, 2.05) is 7.05 Å². The Morgan fingerprint density at radius 3 is 2.50 bits per heavy atom. The number of halogens is 1. The molecule has 3 N–H and O–H groups in total. The zero-order chi connectivity index (χ0) is 21.9. The minimum atomic E-state index is -0.198. The maximum atomic E-state index is 11.2. The lowest BCUT2D eigenvalue weighted by atomic mass is 9.95. The molecule has 1 aromatic rings. The minimum absolute atomic E-state index is 0. The normalized spacial score (nSPS) is 20.6. The molecule has 0 spiro atoms. The van der Waals surface area contributed by atoms with E-state index in [1.54, 1.807) is 0 Å². The summed E-state index contributed by atoms with van der Waals surface area (Å²) in [6, 6.07) is 10.8. The van der Waals surface area contributed by atoms with E-state index in [9.17, 15) is 4.79 Å². The largest absolute Gasteiger partial charge is 0.370 e. The molecular weight excluding hydrogens is 515 g/mol. The van der Waals surface area contributed by atoms with Gasteiger partial charge in [-0.3, -0.25) is 14.7 Å². The Hall–Kier alpha value is -1.39. The molecule has 0 saturated carbocycles. The summed E-state index contributed by atoms with van der Waals surface area (Å²) in [6.45, 7) is 9.68. The van der Waals surface area contributed by atoms with Gasteiger partial charge in [0.1, 0.15) is 0 Å². The summed E-state index contributed by atoms with van der Waals surface area (Å²) < 4.78 is 0. The molecule has 1 unspecified atom stereocenters. The average molecular weight is 557 g/mol. The lowest BCUT2D eigenvalue weighted by Crippen LogP contribution is -2.47. The Balaban J connectivity index is 0.00000363. The van der Waals surface area contributed by atoms with Crippen LogP contribution in [0.2, 0.25) is 0 Å². The van der Waals surface area contributed by atoms with Crippen molar-refractivity contribution in [3.05, 3.63) is 35.9 Å². The molecule has 1 aromatic carbocycles. The van der Waals surface area contributed by atoms with Crippen LogP contribution in [-0.4, -0.2) is 86.0 Å². The lowest BCUT2D eigenvalue weighted by Gasteiger charge is -2.35. The maximum Gasteiger partial charge on any atom is 0.217 e. The van der Waals surface area contributed by atoms with E-state index in [-0.39, 0.29) is 29.9 Å². The number of hydrogen-bond acceptors (Lipinski definition) is 4. The summed E-state index contributed by atoms with van der Waals surface area (Å²) >= 11 is 0. The Kier molecular flexibility index (Phi) is 12.3. The predicted octanol–water partition coefficient (Wildman–Crippen LogP) is 2.37. The Morgan fingerprint density at radius 2 is 1.81 bits per heavy atom. The molecule has 2 saturated heterocycles. The number of nitrogens with zero attached hydrogens (tertiary/aromatic N) is 4. The Bertz CT molecular complexity index is 693. The van der Waals surface area contributed by atoms with Gasteiger partial charge < -0.3 is 20.9 Å². The quantitative estimate of drug-likeness (QED) is 0.212. The minimum Gasteiger partial charge on any atom is -0.370 e. The second-order valence-electron chi connectivity index (χ2n) is 8.91. The molecule has 0 radical (unpaired) electrons. The highest BCUT2D eigenvalue weighted by atomic mass is 127. The van der Waals surface area contributed by atoms with Crippen molar-refractivity contribution in [3.8, 4) is 0 Å². The van der Waals surface area contributed by atoms with Crippen molar-refractivity contribution in [1.82, 2.24) is 20.0 Å². The monoisotopic (exact) mass is 556 g/mol. The molecule has 0 bridgehead atoms. The summed E-state index contributed by atoms with van der Waals surface area (Å²) in [6.07, 6.45) is 4.99. The van der Waals surface area contributed by atoms with Gasteiger partial charge in [-0.2, -0.15) is 0 Å². The fourth-order valence-electron chi connectivity index (χ4n) is 4.71. The van der Waals surface area contributed by atoms with E-state index < -0.39 is 0 Å². The number of piperazine rings is 1. The number of nitrogens with two attached hydrogens (primary N) is 1. The van der Waals surface area contributed by atoms with Gasteiger partial charge in [-0.25, -0.2) is 0 Å². The molecule has 0 aromatic heterocycles. The molecule has 2 fully saturated rings. The van der Waals surface area contributed by atoms with Crippen LogP contribution in [-0.2, 0) is 11.3 Å². The van der Waals surface area contributed by atoms with Crippen LogP contribution in [0.3, 0.4) is 0 Å². The summed E-state index contributed by atoms with van der Waals surface area (Å²) in [7, 11) is 1.84. The van der Waals surface area contributed by atoms with E-state index in [2.05, 4.69) is 55.3 Å².